The summed E-state index contributed by atoms with van der Waals surface area (Å²) in [4.78, 5) is 10.8. The molecular formula is C11H9BrO3. The van der Waals surface area contributed by atoms with Gasteiger partial charge in [0.25, 0.3) is 0 Å². The van der Waals surface area contributed by atoms with Crippen molar-refractivity contribution in [2.45, 2.75) is 6.42 Å². The number of carboxylic acids is 1. The van der Waals surface area contributed by atoms with Crippen LogP contribution in [0, 0.1) is 12.3 Å². The zero-order valence-electron chi connectivity index (χ0n) is 7.87. The zero-order valence-corrected chi connectivity index (χ0v) is 9.45. The Bertz CT molecular complexity index is 407. The van der Waals surface area contributed by atoms with E-state index in [0.717, 1.165) is 4.47 Å². The molecule has 3 nitrogen and oxygen atoms in total. The van der Waals surface area contributed by atoms with Crippen LogP contribution in [0.3, 0.4) is 0 Å². The van der Waals surface area contributed by atoms with Crippen molar-refractivity contribution in [3.05, 3.63) is 28.2 Å². The molecule has 0 heterocycles. The normalized spacial score (nSPS) is 9.33. The number of hydrogen-bond donors (Lipinski definition) is 1. The van der Waals surface area contributed by atoms with Crippen LogP contribution in [0.15, 0.2) is 22.7 Å². The summed E-state index contributed by atoms with van der Waals surface area (Å²) in [6.07, 6.45) is 5.51. The summed E-state index contributed by atoms with van der Waals surface area (Å²) in [7, 11) is 0. The van der Waals surface area contributed by atoms with Crippen LogP contribution in [0.2, 0.25) is 0 Å². The van der Waals surface area contributed by atoms with E-state index in [4.69, 9.17) is 16.3 Å². The Morgan fingerprint density at radius 1 is 1.60 bits per heavy atom. The molecule has 0 amide bonds. The summed E-state index contributed by atoms with van der Waals surface area (Å²) in [5.74, 6) is 1.73. The van der Waals surface area contributed by atoms with Crippen molar-refractivity contribution in [2.75, 3.05) is 6.61 Å². The van der Waals surface area contributed by atoms with E-state index in [1.807, 2.05) is 0 Å². The molecule has 1 N–H and O–H groups in total. The van der Waals surface area contributed by atoms with Gasteiger partial charge in [-0.2, -0.15) is 0 Å². The average Bonchev–Trinajstić information content (AvgIpc) is 2.18. The number of halogens is 1. The summed E-state index contributed by atoms with van der Waals surface area (Å²) in [5, 5.41) is 8.88. The lowest BCUT2D eigenvalue weighted by Crippen LogP contribution is -2.04. The predicted octanol–water partition coefficient (Wildman–Crippen LogP) is 2.55. The monoisotopic (exact) mass is 268 g/mol. The summed E-state index contributed by atoms with van der Waals surface area (Å²) in [5.41, 5.74) is 0.134. The molecule has 0 spiro atoms. The van der Waals surface area contributed by atoms with E-state index in [-0.39, 0.29) is 5.56 Å². The van der Waals surface area contributed by atoms with Crippen molar-refractivity contribution in [2.24, 2.45) is 0 Å². The minimum absolute atomic E-state index is 0.134. The number of carboxylic acid groups (broad SMARTS) is 1. The van der Waals surface area contributed by atoms with Crippen LogP contribution in [0.25, 0.3) is 0 Å². The van der Waals surface area contributed by atoms with Gasteiger partial charge in [0, 0.05) is 10.9 Å². The topological polar surface area (TPSA) is 46.5 Å². The van der Waals surface area contributed by atoms with E-state index in [1.165, 1.54) is 6.07 Å². The first-order chi connectivity index (χ1) is 7.15. The van der Waals surface area contributed by atoms with Gasteiger partial charge in [-0.05, 0) is 18.2 Å². The van der Waals surface area contributed by atoms with E-state index in [0.29, 0.717) is 18.8 Å². The Morgan fingerprint density at radius 2 is 2.33 bits per heavy atom. The molecule has 0 aliphatic carbocycles. The van der Waals surface area contributed by atoms with Crippen molar-refractivity contribution in [1.82, 2.24) is 0 Å². The van der Waals surface area contributed by atoms with Crippen molar-refractivity contribution < 1.29 is 14.6 Å². The van der Waals surface area contributed by atoms with Crippen molar-refractivity contribution in [3.8, 4) is 18.1 Å². The molecule has 0 fully saturated rings. The highest BCUT2D eigenvalue weighted by atomic mass is 79.9. The first-order valence-electron chi connectivity index (χ1n) is 4.24. The van der Waals surface area contributed by atoms with E-state index in [1.54, 1.807) is 12.1 Å². The van der Waals surface area contributed by atoms with Gasteiger partial charge in [0.05, 0.1) is 6.61 Å². The lowest BCUT2D eigenvalue weighted by atomic mass is 10.2. The van der Waals surface area contributed by atoms with E-state index in [2.05, 4.69) is 21.9 Å². The molecule has 0 saturated heterocycles. The van der Waals surface area contributed by atoms with Gasteiger partial charge < -0.3 is 9.84 Å². The number of carbonyl (C=O) groups is 1. The minimum Gasteiger partial charge on any atom is -0.492 e. The Morgan fingerprint density at radius 3 is 2.93 bits per heavy atom. The maximum Gasteiger partial charge on any atom is 0.339 e. The fraction of sp³-hybridized carbons (Fsp3) is 0.182. The Balaban J connectivity index is 2.88. The molecule has 78 valence electrons. The molecule has 4 heteroatoms. The molecule has 1 aromatic rings. The zero-order chi connectivity index (χ0) is 11.3. The number of terminal acetylenes is 1. The molecule has 0 unspecified atom stereocenters. The van der Waals surface area contributed by atoms with Crippen molar-refractivity contribution in [1.29, 1.82) is 0 Å². The van der Waals surface area contributed by atoms with Gasteiger partial charge in [-0.1, -0.05) is 15.9 Å². The molecule has 0 saturated carbocycles. The van der Waals surface area contributed by atoms with Crippen molar-refractivity contribution >= 4 is 21.9 Å². The molecule has 1 rings (SSSR count). The predicted molar refractivity (Wildman–Crippen MR) is 60.0 cm³/mol. The molecule has 15 heavy (non-hydrogen) atoms. The molecule has 0 aliphatic rings. The lowest BCUT2D eigenvalue weighted by Gasteiger charge is -2.07. The Labute approximate surface area is 96.2 Å². The van der Waals surface area contributed by atoms with Gasteiger partial charge in [-0.3, -0.25) is 0 Å². The molecule has 0 aromatic heterocycles. The van der Waals surface area contributed by atoms with Gasteiger partial charge in [0.2, 0.25) is 0 Å². The van der Waals surface area contributed by atoms with Gasteiger partial charge in [-0.25, -0.2) is 4.79 Å². The quantitative estimate of drug-likeness (QED) is 0.675. The summed E-state index contributed by atoms with van der Waals surface area (Å²) < 4.78 is 6.03. The molecule has 0 radical (unpaired) electrons. The van der Waals surface area contributed by atoms with E-state index >= 15 is 0 Å². The van der Waals surface area contributed by atoms with Gasteiger partial charge >= 0.3 is 5.97 Å². The second kappa shape index (κ2) is 5.42. The van der Waals surface area contributed by atoms with Crippen LogP contribution in [0.4, 0.5) is 0 Å². The number of benzene rings is 1. The summed E-state index contributed by atoms with van der Waals surface area (Å²) in [6.45, 7) is 0.313. The smallest absolute Gasteiger partial charge is 0.339 e. The lowest BCUT2D eigenvalue weighted by molar-refractivity contribution is 0.0692. The number of rotatable bonds is 4. The highest BCUT2D eigenvalue weighted by Crippen LogP contribution is 2.23. The number of hydrogen-bond acceptors (Lipinski definition) is 2. The van der Waals surface area contributed by atoms with Crippen LogP contribution in [-0.2, 0) is 0 Å². The second-order valence-corrected chi connectivity index (χ2v) is 3.66. The first kappa shape index (κ1) is 11.6. The maximum atomic E-state index is 10.8. The average molecular weight is 269 g/mol. The van der Waals surface area contributed by atoms with Gasteiger partial charge in [0.1, 0.15) is 11.3 Å². The van der Waals surface area contributed by atoms with E-state index < -0.39 is 5.97 Å². The van der Waals surface area contributed by atoms with Crippen LogP contribution >= 0.6 is 15.9 Å². The molecule has 0 atom stereocenters. The van der Waals surface area contributed by atoms with Crippen LogP contribution in [0.5, 0.6) is 5.75 Å². The molecule has 0 bridgehead atoms. The summed E-state index contributed by atoms with van der Waals surface area (Å²) in [6, 6.07) is 4.75. The highest BCUT2D eigenvalue weighted by Gasteiger charge is 2.11. The highest BCUT2D eigenvalue weighted by molar-refractivity contribution is 9.10. The maximum absolute atomic E-state index is 10.8. The first-order valence-corrected chi connectivity index (χ1v) is 5.03. The van der Waals surface area contributed by atoms with Crippen molar-refractivity contribution in [3.63, 3.8) is 0 Å². The van der Waals surface area contributed by atoms with Crippen LogP contribution in [-0.4, -0.2) is 17.7 Å². The molecule has 0 aliphatic heterocycles. The fourth-order valence-electron chi connectivity index (χ4n) is 1.01. The minimum atomic E-state index is -1.02. The Hall–Kier alpha value is -1.47. The number of ether oxygens (including phenoxy) is 1. The molecular weight excluding hydrogens is 260 g/mol. The fourth-order valence-corrected chi connectivity index (χ4v) is 1.35. The third kappa shape index (κ3) is 3.30. The second-order valence-electron chi connectivity index (χ2n) is 2.75. The Kier molecular flexibility index (Phi) is 4.19. The van der Waals surface area contributed by atoms with Crippen LogP contribution < -0.4 is 4.74 Å². The third-order valence-electron chi connectivity index (χ3n) is 1.68. The van der Waals surface area contributed by atoms with Gasteiger partial charge in [0.15, 0.2) is 0 Å². The van der Waals surface area contributed by atoms with Crippen LogP contribution in [0.1, 0.15) is 16.8 Å². The molecule has 1 aromatic carbocycles. The van der Waals surface area contributed by atoms with Gasteiger partial charge in [-0.15, -0.1) is 12.3 Å². The van der Waals surface area contributed by atoms with E-state index in [9.17, 15) is 4.79 Å². The number of aromatic carboxylic acids is 1. The standard InChI is InChI=1S/C11H9BrO3/c1-2-3-6-15-10-7-8(12)4-5-9(10)11(13)14/h1,4-5,7H,3,6H2,(H,13,14). The largest absolute Gasteiger partial charge is 0.492 e. The third-order valence-corrected chi connectivity index (χ3v) is 2.17. The SMILES string of the molecule is C#CCCOc1cc(Br)ccc1C(=O)O. The summed E-state index contributed by atoms with van der Waals surface area (Å²) >= 11 is 3.24.